The molecule has 0 bridgehead atoms. The fraction of sp³-hybridized carbons (Fsp3) is 0.172. The minimum atomic E-state index is -4.13. The van der Waals surface area contributed by atoms with Gasteiger partial charge in [0.05, 0.1) is 40.4 Å². The summed E-state index contributed by atoms with van der Waals surface area (Å²) < 4.78 is 57.1. The lowest BCUT2D eigenvalue weighted by molar-refractivity contribution is 0.193. The molecule has 0 saturated heterocycles. The highest BCUT2D eigenvalue weighted by atomic mass is 35.5. The molecule has 4 rings (SSSR count). The van der Waals surface area contributed by atoms with Crippen LogP contribution in [-0.2, 0) is 20.0 Å². The van der Waals surface area contributed by atoms with E-state index in [0.29, 0.717) is 10.0 Å². The Kier molecular flexibility index (Phi) is 9.12. The normalized spacial score (nSPS) is 11.9. The number of rotatable bonds is 10. The Bertz CT molecular complexity index is 1530. The summed E-state index contributed by atoms with van der Waals surface area (Å²) in [4.78, 5) is 0.0594. The molecule has 0 aromatic heterocycles. The van der Waals surface area contributed by atoms with E-state index >= 15 is 0 Å². The van der Waals surface area contributed by atoms with Gasteiger partial charge in [-0.15, -0.1) is 0 Å². The zero-order valence-corrected chi connectivity index (χ0v) is 24.9. The third kappa shape index (κ3) is 6.79. The van der Waals surface area contributed by atoms with E-state index in [-0.39, 0.29) is 21.2 Å². The van der Waals surface area contributed by atoms with Gasteiger partial charge >= 0.3 is 0 Å². The van der Waals surface area contributed by atoms with Crippen molar-refractivity contribution < 1.29 is 21.9 Å². The van der Waals surface area contributed by atoms with Gasteiger partial charge in [0.1, 0.15) is 0 Å². The van der Waals surface area contributed by atoms with Crippen LogP contribution in [0, 0.1) is 13.8 Å². The molecule has 0 aliphatic rings. The van der Waals surface area contributed by atoms with Crippen LogP contribution in [0.5, 0.6) is 0 Å². The van der Waals surface area contributed by atoms with Crippen molar-refractivity contribution in [1.29, 1.82) is 0 Å². The van der Waals surface area contributed by atoms with Gasteiger partial charge in [-0.2, -0.15) is 0 Å². The summed E-state index contributed by atoms with van der Waals surface area (Å²) in [5.41, 5.74) is 2.31. The third-order valence-electron chi connectivity index (χ3n) is 6.20. The number of aryl methyl sites for hydroxylation is 2. The van der Waals surface area contributed by atoms with Crippen molar-refractivity contribution in [1.82, 2.24) is 0 Å². The largest absolute Gasteiger partial charge is 0.389 e. The van der Waals surface area contributed by atoms with Gasteiger partial charge in [-0.05, 0) is 86.6 Å². The van der Waals surface area contributed by atoms with Gasteiger partial charge in [0.2, 0.25) is 0 Å². The van der Waals surface area contributed by atoms with Crippen LogP contribution in [0.15, 0.2) is 107 Å². The lowest BCUT2D eigenvalue weighted by Gasteiger charge is -2.31. The highest BCUT2D eigenvalue weighted by molar-refractivity contribution is 7.93. The molecule has 0 saturated carbocycles. The van der Waals surface area contributed by atoms with E-state index in [1.54, 1.807) is 48.5 Å². The van der Waals surface area contributed by atoms with E-state index in [9.17, 15) is 21.9 Å². The Morgan fingerprint density at radius 2 is 0.875 bits per heavy atom. The van der Waals surface area contributed by atoms with Crippen LogP contribution >= 0.6 is 23.2 Å². The molecule has 0 radical (unpaired) electrons. The van der Waals surface area contributed by atoms with Gasteiger partial charge < -0.3 is 5.11 Å². The molecule has 1 N–H and O–H groups in total. The highest BCUT2D eigenvalue weighted by Crippen LogP contribution is 2.29. The van der Waals surface area contributed by atoms with E-state index in [2.05, 4.69) is 0 Å². The second-order valence-corrected chi connectivity index (χ2v) is 13.9. The molecule has 0 fully saturated rings. The first kappa shape index (κ1) is 29.9. The molecule has 0 atom stereocenters. The Morgan fingerprint density at radius 3 is 1.18 bits per heavy atom. The highest BCUT2D eigenvalue weighted by Gasteiger charge is 2.31. The van der Waals surface area contributed by atoms with E-state index in [4.69, 9.17) is 23.2 Å². The number of aliphatic hydroxyl groups is 1. The van der Waals surface area contributed by atoms with Crippen LogP contribution < -0.4 is 8.61 Å². The number of aliphatic hydroxyl groups excluding tert-OH is 1. The molecule has 4 aromatic carbocycles. The molecule has 40 heavy (non-hydrogen) atoms. The standard InChI is InChI=1S/C29H28Cl2N2O5S2/c1-21-3-15-28(16-4-21)39(35,36)32(25-11-7-23(30)8-12-25)19-27(34)20-33(26-13-9-24(31)10-14-26)40(37,38)29-17-5-22(2)6-18-29/h3-18,27,34H,19-20H2,1-2H3. The Labute approximate surface area is 245 Å². The first-order chi connectivity index (χ1) is 18.9. The summed E-state index contributed by atoms with van der Waals surface area (Å²) in [7, 11) is -8.26. The zero-order valence-electron chi connectivity index (χ0n) is 21.8. The average Bonchev–Trinajstić information content (AvgIpc) is 2.92. The first-order valence-corrected chi connectivity index (χ1v) is 15.9. The van der Waals surface area contributed by atoms with Crippen LogP contribution in [0.1, 0.15) is 11.1 Å². The smallest absolute Gasteiger partial charge is 0.264 e. The van der Waals surface area contributed by atoms with Crippen LogP contribution in [0.2, 0.25) is 10.0 Å². The van der Waals surface area contributed by atoms with E-state index in [0.717, 1.165) is 19.7 Å². The summed E-state index contributed by atoms with van der Waals surface area (Å²) in [6.07, 6.45) is -1.42. The summed E-state index contributed by atoms with van der Waals surface area (Å²) in [5.74, 6) is 0. The minimum absolute atomic E-state index is 0.0297. The predicted octanol–water partition coefficient (Wildman–Crippen LogP) is 6.06. The number of benzene rings is 4. The van der Waals surface area contributed by atoms with E-state index < -0.39 is 39.2 Å². The number of halogens is 2. The Balaban J connectivity index is 1.72. The molecule has 0 unspecified atom stereocenters. The Hall–Kier alpha value is -3.08. The minimum Gasteiger partial charge on any atom is -0.389 e. The molecular weight excluding hydrogens is 591 g/mol. The van der Waals surface area contributed by atoms with Crippen molar-refractivity contribution in [3.63, 3.8) is 0 Å². The Morgan fingerprint density at radius 1 is 0.575 bits per heavy atom. The van der Waals surface area contributed by atoms with Crippen LogP contribution in [0.4, 0.5) is 11.4 Å². The van der Waals surface area contributed by atoms with Crippen molar-refractivity contribution in [3.05, 3.63) is 118 Å². The maximum atomic E-state index is 13.7. The van der Waals surface area contributed by atoms with Crippen molar-refractivity contribution in [2.24, 2.45) is 0 Å². The van der Waals surface area contributed by atoms with Gasteiger partial charge in [-0.25, -0.2) is 16.8 Å². The quantitative estimate of drug-likeness (QED) is 0.233. The fourth-order valence-electron chi connectivity index (χ4n) is 4.01. The number of sulfonamides is 2. The lowest BCUT2D eigenvalue weighted by Crippen LogP contribution is -2.44. The average molecular weight is 620 g/mol. The molecule has 0 aliphatic heterocycles. The molecular formula is C29H28Cl2N2O5S2. The summed E-state index contributed by atoms with van der Waals surface area (Å²) in [6, 6.07) is 25.0. The third-order valence-corrected chi connectivity index (χ3v) is 10.3. The topological polar surface area (TPSA) is 95.0 Å². The first-order valence-electron chi connectivity index (χ1n) is 12.3. The van der Waals surface area contributed by atoms with Crippen LogP contribution in [0.25, 0.3) is 0 Å². The van der Waals surface area contributed by atoms with Crippen molar-refractivity contribution in [3.8, 4) is 0 Å². The van der Waals surface area contributed by atoms with Crippen LogP contribution in [-0.4, -0.2) is 41.1 Å². The number of hydrogen-bond acceptors (Lipinski definition) is 5. The van der Waals surface area contributed by atoms with Gasteiger partial charge in [-0.3, -0.25) is 8.61 Å². The summed E-state index contributed by atoms with van der Waals surface area (Å²) in [6.45, 7) is 2.84. The molecule has 0 spiro atoms. The van der Waals surface area contributed by atoms with Crippen molar-refractivity contribution in [2.75, 3.05) is 21.7 Å². The van der Waals surface area contributed by atoms with Gasteiger partial charge in [-0.1, -0.05) is 58.6 Å². The molecule has 0 amide bonds. The van der Waals surface area contributed by atoms with Crippen LogP contribution in [0.3, 0.4) is 0 Å². The number of anilines is 2. The fourth-order valence-corrected chi connectivity index (χ4v) is 7.27. The van der Waals surface area contributed by atoms with Crippen molar-refractivity contribution >= 4 is 54.6 Å². The van der Waals surface area contributed by atoms with E-state index in [1.165, 1.54) is 48.5 Å². The second-order valence-electron chi connectivity index (χ2n) is 9.31. The SMILES string of the molecule is Cc1ccc(S(=O)(=O)N(CC(O)CN(c2ccc(Cl)cc2)S(=O)(=O)c2ccc(C)cc2)c2ccc(Cl)cc2)cc1. The summed E-state index contributed by atoms with van der Waals surface area (Å²) in [5, 5.41) is 12.1. The molecule has 0 heterocycles. The number of hydrogen-bond donors (Lipinski definition) is 1. The van der Waals surface area contributed by atoms with Crippen molar-refractivity contribution in [2.45, 2.75) is 29.7 Å². The molecule has 210 valence electrons. The molecule has 0 aliphatic carbocycles. The number of nitrogens with zero attached hydrogens (tertiary/aromatic N) is 2. The lowest BCUT2D eigenvalue weighted by atomic mass is 10.2. The molecule has 11 heteroatoms. The summed E-state index contributed by atoms with van der Waals surface area (Å²) >= 11 is 12.1. The van der Waals surface area contributed by atoms with Gasteiger partial charge in [0.25, 0.3) is 20.0 Å². The van der Waals surface area contributed by atoms with E-state index in [1.807, 2.05) is 13.8 Å². The van der Waals surface area contributed by atoms with Gasteiger partial charge in [0, 0.05) is 10.0 Å². The molecule has 7 nitrogen and oxygen atoms in total. The monoisotopic (exact) mass is 618 g/mol. The maximum Gasteiger partial charge on any atom is 0.264 e. The molecule has 4 aromatic rings. The predicted molar refractivity (Wildman–Crippen MR) is 160 cm³/mol. The maximum absolute atomic E-state index is 13.7. The zero-order chi connectivity index (χ0) is 29.1. The second kappa shape index (κ2) is 12.2. The van der Waals surface area contributed by atoms with Gasteiger partial charge in [0.15, 0.2) is 0 Å².